The Balaban J connectivity index is 2.26. The maximum Gasteiger partial charge on any atom is 0.267 e. The molecule has 6 nitrogen and oxygen atoms in total. The molecule has 3 rings (SSSR count). The summed E-state index contributed by atoms with van der Waals surface area (Å²) in [5.41, 5.74) is 2.51. The lowest BCUT2D eigenvalue weighted by molar-refractivity contribution is 0.0923. The van der Waals surface area contributed by atoms with E-state index in [1.165, 1.54) is 10.9 Å². The van der Waals surface area contributed by atoms with Gasteiger partial charge in [-0.2, -0.15) is 10.4 Å². The van der Waals surface area contributed by atoms with E-state index in [9.17, 15) is 9.59 Å². The molecule has 0 unspecified atom stereocenters. The maximum absolute atomic E-state index is 12.7. The molecule has 1 aromatic heterocycles. The van der Waals surface area contributed by atoms with Crippen LogP contribution in [0.5, 0.6) is 0 Å². The molecule has 0 saturated carbocycles. The lowest BCUT2D eigenvalue weighted by Gasteiger charge is -2.14. The van der Waals surface area contributed by atoms with Crippen LogP contribution in [-0.2, 0) is 7.05 Å². The Hall–Kier alpha value is -2.94. The van der Waals surface area contributed by atoms with Crippen LogP contribution in [0.1, 0.15) is 37.4 Å². The number of aromatic nitrogens is 2. The molecule has 1 aliphatic rings. The van der Waals surface area contributed by atoms with Crippen LogP contribution in [0.4, 0.5) is 5.82 Å². The van der Waals surface area contributed by atoms with Crippen LogP contribution < -0.4 is 4.90 Å². The number of imide groups is 1. The molecule has 0 bridgehead atoms. The second-order valence-corrected chi connectivity index (χ2v) is 5.01. The van der Waals surface area contributed by atoms with Crippen LogP contribution in [0, 0.1) is 25.2 Å². The van der Waals surface area contributed by atoms with Crippen molar-refractivity contribution >= 4 is 17.6 Å². The number of nitriles is 1. The van der Waals surface area contributed by atoms with Gasteiger partial charge in [0.1, 0.15) is 11.6 Å². The molecule has 0 aliphatic carbocycles. The number of nitrogens with zero attached hydrogens (tertiary/aromatic N) is 4. The monoisotopic (exact) mass is 280 g/mol. The van der Waals surface area contributed by atoms with Crippen molar-refractivity contribution in [2.75, 3.05) is 4.90 Å². The Labute approximate surface area is 121 Å². The van der Waals surface area contributed by atoms with Crippen LogP contribution in [0.15, 0.2) is 18.3 Å². The first-order valence-electron chi connectivity index (χ1n) is 6.38. The van der Waals surface area contributed by atoms with Crippen molar-refractivity contribution in [2.45, 2.75) is 13.8 Å². The standard InChI is InChI=1S/C15H12N4O2/c1-8-4-5-9(2)12-11(8)14(20)19(15(12)21)13-10(6-16)7-17-18(13)3/h4-5,7H,1-3H3. The molecule has 2 aromatic rings. The van der Waals surface area contributed by atoms with Crippen molar-refractivity contribution in [1.82, 2.24) is 9.78 Å². The number of hydrogen-bond donors (Lipinski definition) is 0. The van der Waals surface area contributed by atoms with Crippen molar-refractivity contribution in [3.05, 3.63) is 46.1 Å². The fraction of sp³-hybridized carbons (Fsp3) is 0.200. The van der Waals surface area contributed by atoms with Gasteiger partial charge in [-0.3, -0.25) is 14.3 Å². The summed E-state index contributed by atoms with van der Waals surface area (Å²) in [6, 6.07) is 5.59. The van der Waals surface area contributed by atoms with Gasteiger partial charge in [0, 0.05) is 7.05 Å². The molecule has 0 saturated heterocycles. The highest BCUT2D eigenvalue weighted by molar-refractivity contribution is 6.35. The summed E-state index contributed by atoms with van der Waals surface area (Å²) in [6.07, 6.45) is 1.35. The van der Waals surface area contributed by atoms with E-state index in [0.717, 1.165) is 16.0 Å². The quantitative estimate of drug-likeness (QED) is 0.745. The van der Waals surface area contributed by atoms with Gasteiger partial charge in [-0.15, -0.1) is 0 Å². The number of carbonyl (C=O) groups is 2. The number of hydrogen-bond acceptors (Lipinski definition) is 4. The summed E-state index contributed by atoms with van der Waals surface area (Å²) in [6.45, 7) is 3.59. The Morgan fingerprint density at radius 1 is 1.10 bits per heavy atom. The van der Waals surface area contributed by atoms with Gasteiger partial charge in [-0.1, -0.05) is 12.1 Å². The molecule has 1 aromatic carbocycles. The fourth-order valence-electron chi connectivity index (χ4n) is 2.65. The van der Waals surface area contributed by atoms with E-state index in [-0.39, 0.29) is 11.4 Å². The van der Waals surface area contributed by atoms with Crippen molar-refractivity contribution in [1.29, 1.82) is 5.26 Å². The minimum Gasteiger partial charge on any atom is -0.268 e. The summed E-state index contributed by atoms with van der Waals surface area (Å²) in [5, 5.41) is 13.1. The number of carbonyl (C=O) groups excluding carboxylic acids is 2. The van der Waals surface area contributed by atoms with Crippen LogP contribution in [0.2, 0.25) is 0 Å². The van der Waals surface area contributed by atoms with Gasteiger partial charge in [-0.25, -0.2) is 4.90 Å². The van der Waals surface area contributed by atoms with E-state index in [4.69, 9.17) is 5.26 Å². The van der Waals surface area contributed by atoms with Crippen LogP contribution in [0.3, 0.4) is 0 Å². The Bertz CT molecular complexity index is 801. The normalized spacial score (nSPS) is 13.5. The van der Waals surface area contributed by atoms with Crippen molar-refractivity contribution in [3.63, 3.8) is 0 Å². The van der Waals surface area contributed by atoms with Gasteiger partial charge in [0.05, 0.1) is 17.3 Å². The van der Waals surface area contributed by atoms with Crippen LogP contribution in [-0.4, -0.2) is 21.6 Å². The maximum atomic E-state index is 12.7. The molecular weight excluding hydrogens is 268 g/mol. The van der Waals surface area contributed by atoms with Gasteiger partial charge >= 0.3 is 0 Å². The van der Waals surface area contributed by atoms with Gasteiger partial charge in [0.15, 0.2) is 5.82 Å². The zero-order valence-electron chi connectivity index (χ0n) is 11.8. The molecule has 0 N–H and O–H groups in total. The minimum absolute atomic E-state index is 0.197. The smallest absolute Gasteiger partial charge is 0.267 e. The van der Waals surface area contributed by atoms with Gasteiger partial charge in [-0.05, 0) is 25.0 Å². The number of benzene rings is 1. The number of amides is 2. The van der Waals surface area contributed by atoms with Crippen molar-refractivity contribution in [3.8, 4) is 6.07 Å². The minimum atomic E-state index is -0.406. The molecule has 21 heavy (non-hydrogen) atoms. The second-order valence-electron chi connectivity index (χ2n) is 5.01. The second kappa shape index (κ2) is 4.28. The lowest BCUT2D eigenvalue weighted by Crippen LogP contribution is -2.32. The largest absolute Gasteiger partial charge is 0.268 e. The van der Waals surface area contributed by atoms with E-state index in [1.54, 1.807) is 20.9 Å². The van der Waals surface area contributed by atoms with E-state index >= 15 is 0 Å². The average molecular weight is 280 g/mol. The number of rotatable bonds is 1. The van der Waals surface area contributed by atoms with E-state index in [0.29, 0.717) is 11.1 Å². The zero-order valence-corrected chi connectivity index (χ0v) is 11.8. The number of fused-ring (bicyclic) bond motifs is 1. The summed E-state index contributed by atoms with van der Waals surface area (Å²) >= 11 is 0. The molecule has 0 fully saturated rings. The highest BCUT2D eigenvalue weighted by atomic mass is 16.2. The van der Waals surface area contributed by atoms with Crippen molar-refractivity contribution in [2.24, 2.45) is 7.05 Å². The predicted molar refractivity (Wildman–Crippen MR) is 75.0 cm³/mol. The van der Waals surface area contributed by atoms with Crippen LogP contribution >= 0.6 is 0 Å². The number of aryl methyl sites for hydroxylation is 3. The Morgan fingerprint density at radius 2 is 1.62 bits per heavy atom. The molecule has 104 valence electrons. The zero-order chi connectivity index (χ0) is 15.3. The molecule has 1 aliphatic heterocycles. The van der Waals surface area contributed by atoms with Gasteiger partial charge in [0.2, 0.25) is 0 Å². The van der Waals surface area contributed by atoms with Crippen LogP contribution in [0.25, 0.3) is 0 Å². The fourth-order valence-corrected chi connectivity index (χ4v) is 2.65. The number of anilines is 1. The topological polar surface area (TPSA) is 79.0 Å². The summed E-state index contributed by atoms with van der Waals surface area (Å²) in [7, 11) is 1.60. The predicted octanol–water partition coefficient (Wildman–Crippen LogP) is 1.71. The first-order chi connectivity index (χ1) is 9.97. The highest BCUT2D eigenvalue weighted by Gasteiger charge is 2.41. The third-order valence-corrected chi connectivity index (χ3v) is 3.70. The van der Waals surface area contributed by atoms with Gasteiger partial charge < -0.3 is 0 Å². The molecular formula is C15H12N4O2. The Morgan fingerprint density at radius 3 is 2.10 bits per heavy atom. The molecule has 2 heterocycles. The summed E-state index contributed by atoms with van der Waals surface area (Å²) in [5.74, 6) is -0.602. The average Bonchev–Trinajstić information content (AvgIpc) is 2.93. The third-order valence-electron chi connectivity index (χ3n) is 3.70. The van der Waals surface area contributed by atoms with E-state index in [1.807, 2.05) is 18.2 Å². The van der Waals surface area contributed by atoms with Crippen molar-refractivity contribution < 1.29 is 9.59 Å². The highest BCUT2D eigenvalue weighted by Crippen LogP contribution is 2.33. The SMILES string of the molecule is Cc1ccc(C)c2c1C(=O)N(c1c(C#N)cnn1C)C2=O. The third kappa shape index (κ3) is 1.61. The summed E-state index contributed by atoms with van der Waals surface area (Å²) in [4.78, 5) is 26.3. The molecule has 6 heteroatoms. The summed E-state index contributed by atoms with van der Waals surface area (Å²) < 4.78 is 1.37. The van der Waals surface area contributed by atoms with Gasteiger partial charge in [0.25, 0.3) is 11.8 Å². The van der Waals surface area contributed by atoms with E-state index < -0.39 is 11.8 Å². The Kier molecular flexibility index (Phi) is 2.66. The van der Waals surface area contributed by atoms with E-state index in [2.05, 4.69) is 5.10 Å². The molecule has 0 atom stereocenters. The molecule has 2 amide bonds. The first kappa shape index (κ1) is 13.1. The lowest BCUT2D eigenvalue weighted by atomic mass is 9.99. The molecule has 0 radical (unpaired) electrons. The first-order valence-corrected chi connectivity index (χ1v) is 6.38. The molecule has 0 spiro atoms.